The second kappa shape index (κ2) is 16.1. The fraction of sp³-hybridized carbons (Fsp3) is 0.475. The Balaban J connectivity index is 1.20. The van der Waals surface area contributed by atoms with Crippen LogP contribution in [0.1, 0.15) is 85.8 Å². The van der Waals surface area contributed by atoms with E-state index >= 15 is 0 Å². The molecule has 1 amide bonds. The molecule has 2 saturated heterocycles. The minimum absolute atomic E-state index is 0.0768. The number of nitrogens with zero attached hydrogens (tertiary/aromatic N) is 2. The Labute approximate surface area is 282 Å². The van der Waals surface area contributed by atoms with Crippen LogP contribution in [-0.2, 0) is 17.9 Å². The van der Waals surface area contributed by atoms with Crippen LogP contribution in [0.25, 0.3) is 17.2 Å². The number of benzene rings is 3. The summed E-state index contributed by atoms with van der Waals surface area (Å²) in [5.74, 6) is 0.827. The highest BCUT2D eigenvalue weighted by molar-refractivity contribution is 6.32. The van der Waals surface area contributed by atoms with Gasteiger partial charge in [0.15, 0.2) is 0 Å². The third-order valence-corrected chi connectivity index (χ3v) is 10.4. The maximum atomic E-state index is 11.3. The molecule has 1 N–H and O–H groups in total. The Morgan fingerprint density at radius 3 is 2.43 bits per heavy atom. The van der Waals surface area contributed by atoms with Crippen molar-refractivity contribution in [1.82, 2.24) is 15.1 Å². The molecular weight excluding hydrogens is 590 g/mol. The maximum Gasteiger partial charge on any atom is 0.217 e. The van der Waals surface area contributed by atoms with E-state index < -0.39 is 0 Å². The maximum absolute atomic E-state index is 11.3. The van der Waals surface area contributed by atoms with Gasteiger partial charge in [-0.15, -0.1) is 0 Å². The summed E-state index contributed by atoms with van der Waals surface area (Å²) < 4.78 is 6.35. The standard InChI is InChI=1S/C40H52ClN3O2/c1-28-24-40(39(41)25-35(28)26-44-21-9-6-12-29(44)2)46-27-34-15-11-17-38(31(34)4)37-16-10-14-33(30(37)3)13-7-8-20-43-22-18-36(19-23-43)42-32(5)45/h7,10-11,13-17,24-25,29,36H,6,8-9,12,18-23,26-27H2,1-5H3,(H,42,45)/b13-7+/t29-/m1/s1. The average Bonchev–Trinajstić information content (AvgIpc) is 3.03. The Morgan fingerprint density at radius 2 is 1.70 bits per heavy atom. The van der Waals surface area contributed by atoms with Gasteiger partial charge in [-0.2, -0.15) is 0 Å². The summed E-state index contributed by atoms with van der Waals surface area (Å²) >= 11 is 6.78. The van der Waals surface area contributed by atoms with Crippen molar-refractivity contribution in [2.24, 2.45) is 0 Å². The molecule has 0 bridgehead atoms. The molecule has 2 aliphatic rings. The number of rotatable bonds is 11. The van der Waals surface area contributed by atoms with Gasteiger partial charge in [-0.05, 0) is 123 Å². The number of carbonyl (C=O) groups is 1. The van der Waals surface area contributed by atoms with E-state index in [4.69, 9.17) is 16.3 Å². The first-order valence-corrected chi connectivity index (χ1v) is 17.6. The largest absolute Gasteiger partial charge is 0.487 e. The first kappa shape index (κ1) is 34.2. The zero-order chi connectivity index (χ0) is 32.6. The number of hydrogen-bond donors (Lipinski definition) is 1. The number of ether oxygens (including phenoxy) is 1. The number of halogens is 1. The van der Waals surface area contributed by atoms with Crippen molar-refractivity contribution in [3.63, 3.8) is 0 Å². The summed E-state index contributed by atoms with van der Waals surface area (Å²) in [5, 5.41) is 3.75. The van der Waals surface area contributed by atoms with Crippen LogP contribution in [0, 0.1) is 20.8 Å². The van der Waals surface area contributed by atoms with Crippen LogP contribution in [0.4, 0.5) is 0 Å². The van der Waals surface area contributed by atoms with Gasteiger partial charge in [0, 0.05) is 45.2 Å². The van der Waals surface area contributed by atoms with Crippen molar-refractivity contribution in [2.45, 2.75) is 98.4 Å². The van der Waals surface area contributed by atoms with E-state index in [9.17, 15) is 4.79 Å². The second-order valence-corrected chi connectivity index (χ2v) is 13.8. The molecule has 246 valence electrons. The quantitative estimate of drug-likeness (QED) is 0.227. The monoisotopic (exact) mass is 641 g/mol. The Bertz CT molecular complexity index is 1530. The van der Waals surface area contributed by atoms with E-state index in [1.807, 2.05) is 0 Å². The molecule has 46 heavy (non-hydrogen) atoms. The van der Waals surface area contributed by atoms with Gasteiger partial charge in [-0.1, -0.05) is 66.6 Å². The van der Waals surface area contributed by atoms with Crippen molar-refractivity contribution in [2.75, 3.05) is 26.2 Å². The number of carbonyl (C=O) groups excluding carboxylic acids is 1. The molecule has 0 aliphatic carbocycles. The summed E-state index contributed by atoms with van der Waals surface area (Å²) in [6.45, 7) is 16.2. The normalized spacial score (nSPS) is 18.3. The highest BCUT2D eigenvalue weighted by Gasteiger charge is 2.21. The molecular formula is C40H52ClN3O2. The second-order valence-electron chi connectivity index (χ2n) is 13.4. The Morgan fingerprint density at radius 1 is 0.957 bits per heavy atom. The molecule has 3 aromatic carbocycles. The summed E-state index contributed by atoms with van der Waals surface area (Å²) in [6.07, 6.45) is 11.5. The van der Waals surface area contributed by atoms with Crippen LogP contribution in [0.2, 0.25) is 5.02 Å². The van der Waals surface area contributed by atoms with Crippen LogP contribution in [0.15, 0.2) is 54.6 Å². The molecule has 0 saturated carbocycles. The van der Waals surface area contributed by atoms with Gasteiger partial charge in [0.1, 0.15) is 12.4 Å². The lowest BCUT2D eigenvalue weighted by molar-refractivity contribution is -0.119. The zero-order valence-corrected chi connectivity index (χ0v) is 29.3. The van der Waals surface area contributed by atoms with Gasteiger partial charge in [0.05, 0.1) is 5.02 Å². The summed E-state index contributed by atoms with van der Waals surface area (Å²) in [7, 11) is 0. The number of nitrogens with one attached hydrogen (secondary N) is 1. The van der Waals surface area contributed by atoms with Crippen LogP contribution in [-0.4, -0.2) is 54.0 Å². The highest BCUT2D eigenvalue weighted by atomic mass is 35.5. The lowest BCUT2D eigenvalue weighted by atomic mass is 9.91. The first-order chi connectivity index (χ1) is 22.2. The van der Waals surface area contributed by atoms with Crippen molar-refractivity contribution >= 4 is 23.6 Å². The predicted octanol–water partition coefficient (Wildman–Crippen LogP) is 8.89. The van der Waals surface area contributed by atoms with Crippen LogP contribution < -0.4 is 10.1 Å². The van der Waals surface area contributed by atoms with E-state index in [0.29, 0.717) is 23.7 Å². The van der Waals surface area contributed by atoms with E-state index in [1.54, 1.807) is 6.92 Å². The van der Waals surface area contributed by atoms with Crippen LogP contribution in [0.5, 0.6) is 5.75 Å². The Hall–Kier alpha value is -3.12. The molecule has 5 nitrogen and oxygen atoms in total. The third kappa shape index (κ3) is 8.82. The van der Waals surface area contributed by atoms with E-state index in [2.05, 4.69) is 103 Å². The third-order valence-electron chi connectivity index (χ3n) is 10.1. The minimum Gasteiger partial charge on any atom is -0.487 e. The van der Waals surface area contributed by atoms with Gasteiger partial charge in [-0.25, -0.2) is 0 Å². The highest BCUT2D eigenvalue weighted by Crippen LogP contribution is 2.34. The SMILES string of the molecule is CC(=O)NC1CCN(CC/C=C/c2cccc(-c3cccc(COc4cc(C)c(CN5CCCC[C@H]5C)cc4Cl)c3C)c2C)CC1. The minimum atomic E-state index is 0.0768. The zero-order valence-electron chi connectivity index (χ0n) is 28.5. The fourth-order valence-electron chi connectivity index (χ4n) is 7.06. The van der Waals surface area contributed by atoms with Gasteiger partial charge < -0.3 is 15.0 Å². The van der Waals surface area contributed by atoms with Crippen LogP contribution >= 0.6 is 11.6 Å². The van der Waals surface area contributed by atoms with Crippen molar-refractivity contribution < 1.29 is 9.53 Å². The molecule has 0 aromatic heterocycles. The van der Waals surface area contributed by atoms with Crippen LogP contribution in [0.3, 0.4) is 0 Å². The summed E-state index contributed by atoms with van der Waals surface area (Å²) in [6, 6.07) is 18.3. The number of aryl methyl sites for hydroxylation is 1. The van der Waals surface area contributed by atoms with Crippen molar-refractivity contribution in [3.8, 4) is 16.9 Å². The average molecular weight is 642 g/mol. The molecule has 2 fully saturated rings. The smallest absolute Gasteiger partial charge is 0.217 e. The topological polar surface area (TPSA) is 44.8 Å². The molecule has 0 unspecified atom stereocenters. The number of hydrogen-bond acceptors (Lipinski definition) is 4. The van der Waals surface area contributed by atoms with E-state index in [0.717, 1.165) is 57.7 Å². The van der Waals surface area contributed by atoms with Crippen molar-refractivity contribution in [3.05, 3.63) is 93.0 Å². The lowest BCUT2D eigenvalue weighted by Crippen LogP contribution is -2.44. The molecule has 1 atom stereocenters. The molecule has 2 aliphatic heterocycles. The van der Waals surface area contributed by atoms with Gasteiger partial charge >= 0.3 is 0 Å². The lowest BCUT2D eigenvalue weighted by Gasteiger charge is -2.33. The number of likely N-dealkylation sites (tertiary alicyclic amines) is 2. The van der Waals surface area contributed by atoms with Gasteiger partial charge in [0.2, 0.25) is 5.91 Å². The Kier molecular flexibility index (Phi) is 12.0. The van der Waals surface area contributed by atoms with Gasteiger partial charge in [-0.3, -0.25) is 9.69 Å². The van der Waals surface area contributed by atoms with Gasteiger partial charge in [0.25, 0.3) is 0 Å². The first-order valence-electron chi connectivity index (χ1n) is 17.2. The molecule has 5 rings (SSSR count). The molecule has 6 heteroatoms. The molecule has 0 spiro atoms. The molecule has 2 heterocycles. The number of piperidine rings is 2. The predicted molar refractivity (Wildman–Crippen MR) is 193 cm³/mol. The number of amides is 1. The fourth-order valence-corrected chi connectivity index (χ4v) is 7.30. The van der Waals surface area contributed by atoms with E-state index in [1.165, 1.54) is 63.8 Å². The molecule has 0 radical (unpaired) electrons. The summed E-state index contributed by atoms with van der Waals surface area (Å²) in [4.78, 5) is 16.4. The molecule has 3 aromatic rings. The van der Waals surface area contributed by atoms with E-state index in [-0.39, 0.29) is 5.91 Å². The summed E-state index contributed by atoms with van der Waals surface area (Å²) in [5.41, 5.74) is 9.96. The van der Waals surface area contributed by atoms with Crippen molar-refractivity contribution in [1.29, 1.82) is 0 Å².